The van der Waals surface area contributed by atoms with Gasteiger partial charge in [-0.05, 0) is 25.0 Å². The summed E-state index contributed by atoms with van der Waals surface area (Å²) in [6, 6.07) is 5.74. The molecule has 2 aliphatic rings. The topological polar surface area (TPSA) is 50.3 Å². The highest BCUT2D eigenvalue weighted by atomic mass is 32.2. The van der Waals surface area contributed by atoms with Crippen LogP contribution >= 0.6 is 0 Å². The molecule has 5 heteroatoms. The number of hydrogen-bond donors (Lipinski definition) is 0. The van der Waals surface area contributed by atoms with Crippen LogP contribution in [0.5, 0.6) is 0 Å². The summed E-state index contributed by atoms with van der Waals surface area (Å²) in [6.45, 7) is 1.21. The lowest BCUT2D eigenvalue weighted by atomic mass is 10.0. The van der Waals surface area contributed by atoms with Gasteiger partial charge in [-0.25, -0.2) is 13.4 Å². The highest BCUT2D eigenvalue weighted by Crippen LogP contribution is 2.31. The molecule has 0 aromatic carbocycles. The predicted molar refractivity (Wildman–Crippen MR) is 76.0 cm³/mol. The van der Waals surface area contributed by atoms with Crippen LogP contribution in [0.3, 0.4) is 0 Å². The minimum atomic E-state index is -2.94. The molecule has 1 aromatic rings. The molecule has 1 saturated carbocycles. The van der Waals surface area contributed by atoms with Crippen molar-refractivity contribution in [3.63, 3.8) is 0 Å². The van der Waals surface area contributed by atoms with E-state index in [1.807, 2.05) is 23.1 Å². The van der Waals surface area contributed by atoms with Crippen molar-refractivity contribution in [3.8, 4) is 0 Å². The van der Waals surface area contributed by atoms with Crippen LogP contribution in [0.15, 0.2) is 24.4 Å². The van der Waals surface area contributed by atoms with Crippen LogP contribution in [0.2, 0.25) is 0 Å². The van der Waals surface area contributed by atoms with Crippen LogP contribution in [0.1, 0.15) is 32.1 Å². The van der Waals surface area contributed by atoms with Gasteiger partial charge in [0.1, 0.15) is 5.82 Å². The first kappa shape index (κ1) is 12.9. The number of nitrogens with zero attached hydrogens (tertiary/aromatic N) is 2. The summed E-state index contributed by atoms with van der Waals surface area (Å²) >= 11 is 0. The molecule has 104 valence electrons. The van der Waals surface area contributed by atoms with E-state index in [0.29, 0.717) is 13.1 Å². The molecule has 3 rings (SSSR count). The Morgan fingerprint density at radius 1 is 1.05 bits per heavy atom. The van der Waals surface area contributed by atoms with Crippen LogP contribution in [-0.2, 0) is 9.84 Å². The van der Waals surface area contributed by atoms with Crippen molar-refractivity contribution in [1.29, 1.82) is 0 Å². The Kier molecular flexibility index (Phi) is 3.48. The summed E-state index contributed by atoms with van der Waals surface area (Å²) in [5.74, 6) is 0.887. The summed E-state index contributed by atoms with van der Waals surface area (Å²) in [5.41, 5.74) is 0. The van der Waals surface area contributed by atoms with E-state index in [1.54, 1.807) is 6.20 Å². The summed E-state index contributed by atoms with van der Waals surface area (Å²) in [4.78, 5) is 6.31. The van der Waals surface area contributed by atoms with E-state index >= 15 is 0 Å². The molecule has 2 heterocycles. The Bertz CT molecular complexity index is 518. The third-order valence-electron chi connectivity index (χ3n) is 4.30. The van der Waals surface area contributed by atoms with E-state index in [1.165, 1.54) is 6.42 Å². The maximum atomic E-state index is 12.5. The van der Waals surface area contributed by atoms with Gasteiger partial charge in [-0.3, -0.25) is 0 Å². The van der Waals surface area contributed by atoms with Crippen molar-refractivity contribution in [1.82, 2.24) is 4.98 Å². The van der Waals surface area contributed by atoms with Gasteiger partial charge in [-0.15, -0.1) is 0 Å². The van der Waals surface area contributed by atoms with Crippen molar-refractivity contribution in [2.75, 3.05) is 18.0 Å². The second-order valence-electron chi connectivity index (χ2n) is 5.56. The van der Waals surface area contributed by atoms with E-state index in [0.717, 1.165) is 31.5 Å². The minimum absolute atomic E-state index is 0.0860. The molecule has 0 radical (unpaired) electrons. The molecule has 0 bridgehead atoms. The third kappa shape index (κ3) is 2.48. The molecule has 0 spiro atoms. The summed E-state index contributed by atoms with van der Waals surface area (Å²) in [7, 11) is -2.94. The standard InChI is InChI=1S/C14H20N2O2S/c17-19(18,12-6-2-1-3-7-12)13-10-16(11-13)14-8-4-5-9-15-14/h4-5,8-9,12-13H,1-3,6-7,10-11H2. The van der Waals surface area contributed by atoms with E-state index < -0.39 is 9.84 Å². The number of aromatic nitrogens is 1. The second kappa shape index (κ2) is 5.12. The molecule has 0 amide bonds. The van der Waals surface area contributed by atoms with E-state index in [2.05, 4.69) is 4.98 Å². The number of pyridine rings is 1. The van der Waals surface area contributed by atoms with Gasteiger partial charge in [-0.2, -0.15) is 0 Å². The van der Waals surface area contributed by atoms with Crippen molar-refractivity contribution in [3.05, 3.63) is 24.4 Å². The molecular formula is C14H20N2O2S. The van der Waals surface area contributed by atoms with Gasteiger partial charge >= 0.3 is 0 Å². The Morgan fingerprint density at radius 2 is 1.79 bits per heavy atom. The molecule has 0 atom stereocenters. The molecule has 1 aromatic heterocycles. The number of hydrogen-bond acceptors (Lipinski definition) is 4. The van der Waals surface area contributed by atoms with Gasteiger partial charge in [-0.1, -0.05) is 25.3 Å². The molecule has 4 nitrogen and oxygen atoms in total. The lowest BCUT2D eigenvalue weighted by Gasteiger charge is -2.41. The lowest BCUT2D eigenvalue weighted by Crippen LogP contribution is -2.57. The first-order valence-electron chi connectivity index (χ1n) is 7.06. The lowest BCUT2D eigenvalue weighted by molar-refractivity contribution is 0.466. The molecule has 1 saturated heterocycles. The number of anilines is 1. The van der Waals surface area contributed by atoms with E-state index in [-0.39, 0.29) is 10.5 Å². The molecule has 0 unspecified atom stereocenters. The SMILES string of the molecule is O=S(=O)(C1CCCCC1)C1CN(c2ccccn2)C1. The van der Waals surface area contributed by atoms with Crippen LogP contribution in [0.4, 0.5) is 5.82 Å². The van der Waals surface area contributed by atoms with Crippen LogP contribution < -0.4 is 4.90 Å². The molecule has 0 N–H and O–H groups in total. The molecular weight excluding hydrogens is 260 g/mol. The summed E-state index contributed by atoms with van der Waals surface area (Å²) in [6.07, 6.45) is 6.81. The molecule has 19 heavy (non-hydrogen) atoms. The smallest absolute Gasteiger partial charge is 0.159 e. The fourth-order valence-electron chi connectivity index (χ4n) is 3.04. The van der Waals surface area contributed by atoms with Gasteiger partial charge < -0.3 is 4.90 Å². The maximum Gasteiger partial charge on any atom is 0.159 e. The second-order valence-corrected chi connectivity index (χ2v) is 8.08. The largest absolute Gasteiger partial charge is 0.354 e. The molecule has 1 aliphatic carbocycles. The van der Waals surface area contributed by atoms with Gasteiger partial charge in [0.05, 0.1) is 10.5 Å². The summed E-state index contributed by atoms with van der Waals surface area (Å²) in [5, 5.41) is -0.269. The van der Waals surface area contributed by atoms with Crippen LogP contribution in [0.25, 0.3) is 0 Å². The molecule has 2 fully saturated rings. The van der Waals surface area contributed by atoms with Crippen molar-refractivity contribution in [2.24, 2.45) is 0 Å². The van der Waals surface area contributed by atoms with Gasteiger partial charge in [0.15, 0.2) is 9.84 Å². The maximum absolute atomic E-state index is 12.5. The fraction of sp³-hybridized carbons (Fsp3) is 0.643. The van der Waals surface area contributed by atoms with Gasteiger partial charge in [0, 0.05) is 19.3 Å². The van der Waals surface area contributed by atoms with E-state index in [9.17, 15) is 8.42 Å². The highest BCUT2D eigenvalue weighted by Gasteiger charge is 2.42. The zero-order chi connectivity index (χ0) is 13.3. The monoisotopic (exact) mass is 280 g/mol. The summed E-state index contributed by atoms with van der Waals surface area (Å²) < 4.78 is 25.0. The van der Waals surface area contributed by atoms with Crippen molar-refractivity contribution >= 4 is 15.7 Å². The fourth-order valence-corrected chi connectivity index (χ4v) is 5.35. The van der Waals surface area contributed by atoms with Crippen LogP contribution in [-0.4, -0.2) is 37.0 Å². The highest BCUT2D eigenvalue weighted by molar-refractivity contribution is 7.92. The zero-order valence-corrected chi connectivity index (χ0v) is 11.8. The average molecular weight is 280 g/mol. The number of sulfone groups is 1. The van der Waals surface area contributed by atoms with Crippen molar-refractivity contribution < 1.29 is 8.42 Å². The Labute approximate surface area is 114 Å². The third-order valence-corrected chi connectivity index (χ3v) is 6.93. The minimum Gasteiger partial charge on any atom is -0.354 e. The first-order chi connectivity index (χ1) is 9.18. The zero-order valence-electron chi connectivity index (χ0n) is 11.0. The van der Waals surface area contributed by atoms with Gasteiger partial charge in [0.25, 0.3) is 0 Å². The van der Waals surface area contributed by atoms with Crippen molar-refractivity contribution in [2.45, 2.75) is 42.6 Å². The Morgan fingerprint density at radius 3 is 2.42 bits per heavy atom. The first-order valence-corrected chi connectivity index (χ1v) is 8.67. The predicted octanol–water partition coefficient (Wildman–Crippen LogP) is 2.02. The molecule has 1 aliphatic heterocycles. The van der Waals surface area contributed by atoms with Crippen LogP contribution in [0, 0.1) is 0 Å². The number of rotatable bonds is 3. The Balaban J connectivity index is 1.63. The quantitative estimate of drug-likeness (QED) is 0.850. The van der Waals surface area contributed by atoms with Gasteiger partial charge in [0.2, 0.25) is 0 Å². The normalized spacial score (nSPS) is 22.2. The average Bonchev–Trinajstić information content (AvgIpc) is 2.39. The Hall–Kier alpha value is -1.10. The van der Waals surface area contributed by atoms with E-state index in [4.69, 9.17) is 0 Å².